The van der Waals surface area contributed by atoms with E-state index in [1.165, 1.54) is 0 Å². The molecule has 2 rings (SSSR count). The molecule has 1 aromatic rings. The molecule has 0 saturated heterocycles. The molecule has 18 heavy (non-hydrogen) atoms. The summed E-state index contributed by atoms with van der Waals surface area (Å²) in [6.45, 7) is 2.37. The van der Waals surface area contributed by atoms with Gasteiger partial charge in [0.1, 0.15) is 0 Å². The van der Waals surface area contributed by atoms with Gasteiger partial charge in [-0.25, -0.2) is 8.42 Å². The van der Waals surface area contributed by atoms with E-state index in [4.69, 9.17) is 5.73 Å². The van der Waals surface area contributed by atoms with Gasteiger partial charge in [0.15, 0.2) is 0 Å². The van der Waals surface area contributed by atoms with Gasteiger partial charge in [0.2, 0.25) is 10.0 Å². The van der Waals surface area contributed by atoms with E-state index in [0.29, 0.717) is 13.0 Å². The molecule has 0 spiro atoms. The lowest BCUT2D eigenvalue weighted by Gasteiger charge is -2.24. The summed E-state index contributed by atoms with van der Waals surface area (Å²) in [4.78, 5) is 0. The quantitative estimate of drug-likeness (QED) is 0.856. The molecule has 0 unspecified atom stereocenters. The minimum absolute atomic E-state index is 0.158. The summed E-state index contributed by atoms with van der Waals surface area (Å²) in [7, 11) is -3.18. The average Bonchev–Trinajstić information content (AvgIpc) is 3.14. The molecule has 1 aliphatic carbocycles. The highest BCUT2D eigenvalue weighted by atomic mass is 32.2. The van der Waals surface area contributed by atoms with Crippen LogP contribution in [0.25, 0.3) is 0 Å². The lowest BCUT2D eigenvalue weighted by molar-refractivity contribution is 0.589. The van der Waals surface area contributed by atoms with Crippen LogP contribution in [-0.4, -0.2) is 20.2 Å². The van der Waals surface area contributed by atoms with E-state index < -0.39 is 10.0 Å². The molecule has 4 nitrogen and oxygen atoms in total. The summed E-state index contributed by atoms with van der Waals surface area (Å²) in [6.07, 6.45) is 2.57. The van der Waals surface area contributed by atoms with Gasteiger partial charge in [-0.15, -0.1) is 0 Å². The predicted molar refractivity (Wildman–Crippen MR) is 73.9 cm³/mol. The van der Waals surface area contributed by atoms with Gasteiger partial charge >= 0.3 is 0 Å². The Morgan fingerprint density at radius 1 is 1.28 bits per heavy atom. The first-order chi connectivity index (χ1) is 8.58. The maximum Gasteiger partial charge on any atom is 0.235 e. The zero-order valence-corrected chi connectivity index (χ0v) is 11.5. The molecule has 0 aromatic heterocycles. The standard InChI is InChI=1S/C13H20N2O2S/c1-2-9-18(16,17)15(13-7-8-13)12-5-3-11(10-14)4-6-12/h3-6,13H,2,7-10,14H2,1H3. The highest BCUT2D eigenvalue weighted by Crippen LogP contribution is 2.34. The summed E-state index contributed by atoms with van der Waals surface area (Å²) >= 11 is 0. The summed E-state index contributed by atoms with van der Waals surface area (Å²) in [6, 6.07) is 7.66. The summed E-state index contributed by atoms with van der Waals surface area (Å²) in [5.41, 5.74) is 7.33. The fraction of sp³-hybridized carbons (Fsp3) is 0.538. The van der Waals surface area contributed by atoms with Crippen LogP contribution in [0.1, 0.15) is 31.7 Å². The minimum Gasteiger partial charge on any atom is -0.326 e. The van der Waals surface area contributed by atoms with Gasteiger partial charge in [0, 0.05) is 12.6 Å². The Balaban J connectivity index is 2.29. The van der Waals surface area contributed by atoms with E-state index in [1.54, 1.807) is 4.31 Å². The van der Waals surface area contributed by atoms with Crippen molar-refractivity contribution >= 4 is 15.7 Å². The molecule has 1 fully saturated rings. The third-order valence-electron chi connectivity index (χ3n) is 3.07. The molecule has 1 aliphatic rings. The maximum absolute atomic E-state index is 12.3. The highest BCUT2D eigenvalue weighted by Gasteiger charge is 2.36. The van der Waals surface area contributed by atoms with Crippen molar-refractivity contribution in [2.45, 2.75) is 38.8 Å². The topological polar surface area (TPSA) is 63.4 Å². The van der Waals surface area contributed by atoms with Crippen LogP contribution in [0.3, 0.4) is 0 Å². The molecule has 0 heterocycles. The maximum atomic E-state index is 12.3. The fourth-order valence-electron chi connectivity index (χ4n) is 2.04. The molecule has 0 atom stereocenters. The van der Waals surface area contributed by atoms with Crippen LogP contribution in [0.15, 0.2) is 24.3 Å². The molecule has 0 aliphatic heterocycles. The Labute approximate surface area is 109 Å². The second-order valence-electron chi connectivity index (χ2n) is 4.71. The van der Waals surface area contributed by atoms with Crippen molar-refractivity contribution in [3.05, 3.63) is 29.8 Å². The molecular weight excluding hydrogens is 248 g/mol. The van der Waals surface area contributed by atoms with Crippen molar-refractivity contribution in [1.82, 2.24) is 0 Å². The Kier molecular flexibility index (Phi) is 3.92. The van der Waals surface area contributed by atoms with Gasteiger partial charge in [0.25, 0.3) is 0 Å². The first-order valence-corrected chi connectivity index (χ1v) is 8.00. The number of hydrogen-bond donors (Lipinski definition) is 1. The first-order valence-electron chi connectivity index (χ1n) is 6.39. The van der Waals surface area contributed by atoms with E-state index in [2.05, 4.69) is 0 Å². The molecule has 0 bridgehead atoms. The van der Waals surface area contributed by atoms with E-state index in [9.17, 15) is 8.42 Å². The molecular formula is C13H20N2O2S. The van der Waals surface area contributed by atoms with Gasteiger partial charge in [0.05, 0.1) is 11.4 Å². The molecule has 0 amide bonds. The molecule has 0 radical (unpaired) electrons. The first kappa shape index (κ1) is 13.4. The van der Waals surface area contributed by atoms with Gasteiger partial charge in [-0.05, 0) is 37.0 Å². The number of anilines is 1. The second-order valence-corrected chi connectivity index (χ2v) is 6.68. The van der Waals surface area contributed by atoms with Crippen molar-refractivity contribution in [2.24, 2.45) is 5.73 Å². The van der Waals surface area contributed by atoms with Crippen LogP contribution in [0.5, 0.6) is 0 Å². The number of nitrogens with two attached hydrogens (primary N) is 1. The van der Waals surface area contributed by atoms with Crippen LogP contribution in [0.2, 0.25) is 0 Å². The van der Waals surface area contributed by atoms with E-state index >= 15 is 0 Å². The third kappa shape index (κ3) is 2.84. The Bertz CT molecular complexity index is 492. The number of sulfonamides is 1. The van der Waals surface area contributed by atoms with Crippen molar-refractivity contribution in [3.63, 3.8) is 0 Å². The Morgan fingerprint density at radius 2 is 1.89 bits per heavy atom. The third-order valence-corrected chi connectivity index (χ3v) is 5.10. The van der Waals surface area contributed by atoms with E-state index in [0.717, 1.165) is 24.1 Å². The lowest BCUT2D eigenvalue weighted by Crippen LogP contribution is -2.34. The van der Waals surface area contributed by atoms with E-state index in [1.807, 2.05) is 31.2 Å². The monoisotopic (exact) mass is 268 g/mol. The summed E-state index contributed by atoms with van der Waals surface area (Å²) < 4.78 is 26.1. The Hall–Kier alpha value is -1.07. The van der Waals surface area contributed by atoms with Crippen LogP contribution in [-0.2, 0) is 16.6 Å². The number of nitrogens with zero attached hydrogens (tertiary/aromatic N) is 1. The van der Waals surface area contributed by atoms with Gasteiger partial charge in [-0.1, -0.05) is 19.1 Å². The minimum atomic E-state index is -3.18. The van der Waals surface area contributed by atoms with Crippen molar-refractivity contribution < 1.29 is 8.42 Å². The summed E-state index contributed by atoms with van der Waals surface area (Å²) in [5, 5.41) is 0. The summed E-state index contributed by atoms with van der Waals surface area (Å²) in [5.74, 6) is 0.210. The second kappa shape index (κ2) is 5.28. The molecule has 100 valence electrons. The Morgan fingerprint density at radius 3 is 2.33 bits per heavy atom. The van der Waals surface area contributed by atoms with Crippen molar-refractivity contribution in [1.29, 1.82) is 0 Å². The van der Waals surface area contributed by atoms with Gasteiger partial charge in [-0.2, -0.15) is 0 Å². The van der Waals surface area contributed by atoms with Crippen molar-refractivity contribution in [2.75, 3.05) is 10.1 Å². The highest BCUT2D eigenvalue weighted by molar-refractivity contribution is 7.92. The van der Waals surface area contributed by atoms with Gasteiger partial charge < -0.3 is 5.73 Å². The van der Waals surface area contributed by atoms with Crippen LogP contribution < -0.4 is 10.0 Å². The van der Waals surface area contributed by atoms with Crippen molar-refractivity contribution in [3.8, 4) is 0 Å². The smallest absolute Gasteiger partial charge is 0.235 e. The van der Waals surface area contributed by atoms with Crippen LogP contribution in [0.4, 0.5) is 5.69 Å². The molecule has 1 saturated carbocycles. The van der Waals surface area contributed by atoms with E-state index in [-0.39, 0.29) is 11.8 Å². The zero-order valence-electron chi connectivity index (χ0n) is 10.7. The predicted octanol–water partition coefficient (Wildman–Crippen LogP) is 1.85. The van der Waals surface area contributed by atoms with Gasteiger partial charge in [-0.3, -0.25) is 4.31 Å². The number of hydrogen-bond acceptors (Lipinski definition) is 3. The zero-order chi connectivity index (χ0) is 13.2. The molecule has 5 heteroatoms. The SMILES string of the molecule is CCCS(=O)(=O)N(c1ccc(CN)cc1)C1CC1. The fourth-order valence-corrected chi connectivity index (χ4v) is 3.86. The number of benzene rings is 1. The largest absolute Gasteiger partial charge is 0.326 e. The van der Waals surface area contributed by atoms with Crippen LogP contribution >= 0.6 is 0 Å². The van der Waals surface area contributed by atoms with Crippen LogP contribution in [0, 0.1) is 0 Å². The lowest BCUT2D eigenvalue weighted by atomic mass is 10.2. The average molecular weight is 268 g/mol. The molecule has 2 N–H and O–H groups in total. The molecule has 1 aromatic carbocycles. The normalized spacial score (nSPS) is 15.7. The number of rotatable bonds is 6.